The van der Waals surface area contributed by atoms with Crippen molar-refractivity contribution in [1.29, 1.82) is 0 Å². The number of hydrogen-bond donors (Lipinski definition) is 2. The minimum Gasteiger partial charge on any atom is -0.481 e. The van der Waals surface area contributed by atoms with Gasteiger partial charge in [-0.25, -0.2) is 0 Å². The van der Waals surface area contributed by atoms with Crippen LogP contribution in [0.25, 0.3) is 0 Å². The average Bonchev–Trinajstić information content (AvgIpc) is 2.34. The quantitative estimate of drug-likeness (QED) is 0.743. The number of aliphatic carboxylic acids is 1. The Bertz CT molecular complexity index is 285. The molecular formula is C6H10N4O2S. The Morgan fingerprint density at radius 3 is 2.85 bits per heavy atom. The normalized spacial score (nSPS) is 11.2. The highest BCUT2D eigenvalue weighted by Crippen LogP contribution is 2.17. The fraction of sp³-hybridized carbons (Fsp3) is 0.667. The van der Waals surface area contributed by atoms with Crippen molar-refractivity contribution in [2.24, 2.45) is 0 Å². The number of rotatable bonds is 4. The summed E-state index contributed by atoms with van der Waals surface area (Å²) in [5, 5.41) is 19.1. The number of anilines is 1. The van der Waals surface area contributed by atoms with Gasteiger partial charge in [0.25, 0.3) is 0 Å². The molecule has 0 amide bonds. The third-order valence-corrected chi connectivity index (χ3v) is 1.85. The van der Waals surface area contributed by atoms with Crippen LogP contribution in [0.3, 0.4) is 0 Å². The van der Waals surface area contributed by atoms with Crippen molar-refractivity contribution in [3.05, 3.63) is 0 Å². The van der Waals surface area contributed by atoms with Crippen LogP contribution in [-0.2, 0) is 4.79 Å². The second-order valence-electron chi connectivity index (χ2n) is 3.25. The largest absolute Gasteiger partial charge is 0.481 e. The lowest BCUT2D eigenvalue weighted by molar-refractivity contribution is -0.137. The lowest BCUT2D eigenvalue weighted by atomic mass is 10.0. The predicted molar refractivity (Wildman–Crippen MR) is 47.7 cm³/mol. The van der Waals surface area contributed by atoms with E-state index in [2.05, 4.69) is 20.1 Å². The molecule has 0 unspecified atom stereocenters. The van der Waals surface area contributed by atoms with Crippen molar-refractivity contribution in [3.8, 4) is 0 Å². The molecule has 6 nitrogen and oxygen atoms in total. The van der Waals surface area contributed by atoms with Gasteiger partial charge in [0, 0.05) is 17.1 Å². The van der Waals surface area contributed by atoms with Crippen LogP contribution in [-0.4, -0.2) is 31.4 Å². The van der Waals surface area contributed by atoms with E-state index in [0.717, 1.165) is 11.5 Å². The lowest BCUT2D eigenvalue weighted by Gasteiger charge is -2.22. The molecule has 0 atom stereocenters. The van der Waals surface area contributed by atoms with Crippen LogP contribution in [0.5, 0.6) is 0 Å². The molecule has 13 heavy (non-hydrogen) atoms. The van der Waals surface area contributed by atoms with Gasteiger partial charge in [-0.05, 0) is 19.1 Å². The van der Waals surface area contributed by atoms with Gasteiger partial charge in [0.1, 0.15) is 0 Å². The number of aromatic nitrogens is 3. The molecule has 0 bridgehead atoms. The van der Waals surface area contributed by atoms with Crippen molar-refractivity contribution in [2.45, 2.75) is 25.8 Å². The summed E-state index contributed by atoms with van der Waals surface area (Å²) in [7, 11) is 0. The van der Waals surface area contributed by atoms with E-state index in [4.69, 9.17) is 5.11 Å². The van der Waals surface area contributed by atoms with E-state index in [-0.39, 0.29) is 6.42 Å². The zero-order valence-corrected chi connectivity index (χ0v) is 8.13. The van der Waals surface area contributed by atoms with E-state index >= 15 is 0 Å². The van der Waals surface area contributed by atoms with Crippen LogP contribution in [0.1, 0.15) is 20.3 Å². The van der Waals surface area contributed by atoms with E-state index in [9.17, 15) is 4.79 Å². The Morgan fingerprint density at radius 2 is 2.38 bits per heavy atom. The van der Waals surface area contributed by atoms with E-state index in [1.807, 2.05) is 0 Å². The van der Waals surface area contributed by atoms with Crippen molar-refractivity contribution in [1.82, 2.24) is 14.8 Å². The average molecular weight is 202 g/mol. The van der Waals surface area contributed by atoms with Crippen molar-refractivity contribution < 1.29 is 9.90 Å². The highest BCUT2D eigenvalue weighted by molar-refractivity contribution is 7.09. The number of carboxylic acids is 1. The van der Waals surface area contributed by atoms with Crippen molar-refractivity contribution >= 4 is 22.6 Å². The molecule has 0 saturated heterocycles. The first kappa shape index (κ1) is 9.85. The fourth-order valence-electron chi connectivity index (χ4n) is 0.894. The number of nitrogens with zero attached hydrogens (tertiary/aromatic N) is 3. The molecule has 0 radical (unpaired) electrons. The van der Waals surface area contributed by atoms with E-state index in [1.165, 1.54) is 0 Å². The Hall–Kier alpha value is -1.24. The van der Waals surface area contributed by atoms with Gasteiger partial charge in [0.15, 0.2) is 0 Å². The molecule has 2 N–H and O–H groups in total. The SMILES string of the molecule is CC(C)(CC(=O)O)Nc1nnns1. The summed E-state index contributed by atoms with van der Waals surface area (Å²) in [6, 6.07) is 0. The van der Waals surface area contributed by atoms with Gasteiger partial charge in [-0.3, -0.25) is 4.79 Å². The maximum absolute atomic E-state index is 10.5. The van der Waals surface area contributed by atoms with Crippen LogP contribution in [0, 0.1) is 0 Å². The number of nitrogens with one attached hydrogen (secondary N) is 1. The van der Waals surface area contributed by atoms with Crippen molar-refractivity contribution in [2.75, 3.05) is 5.32 Å². The van der Waals surface area contributed by atoms with Crippen molar-refractivity contribution in [3.63, 3.8) is 0 Å². The van der Waals surface area contributed by atoms with E-state index in [1.54, 1.807) is 13.8 Å². The summed E-state index contributed by atoms with van der Waals surface area (Å²) in [5.41, 5.74) is -0.535. The molecule has 1 rings (SSSR count). The summed E-state index contributed by atoms with van der Waals surface area (Å²) < 4.78 is 3.56. The smallest absolute Gasteiger partial charge is 0.305 e. The molecule has 0 aliphatic rings. The van der Waals surface area contributed by atoms with E-state index in [0.29, 0.717) is 5.13 Å². The second-order valence-corrected chi connectivity index (χ2v) is 3.98. The summed E-state index contributed by atoms with van der Waals surface area (Å²) in [6.45, 7) is 3.56. The Kier molecular flexibility index (Phi) is 2.76. The van der Waals surface area contributed by atoms with Crippen LogP contribution in [0.4, 0.5) is 5.13 Å². The third-order valence-electron chi connectivity index (χ3n) is 1.34. The summed E-state index contributed by atoms with van der Waals surface area (Å²) in [6.07, 6.45) is 0.0204. The molecule has 0 aliphatic carbocycles. The Balaban J connectivity index is 2.56. The predicted octanol–water partition coefficient (Wildman–Crippen LogP) is 0.598. The van der Waals surface area contributed by atoms with E-state index < -0.39 is 11.5 Å². The molecule has 1 heterocycles. The standard InChI is InChI=1S/C6H10N4O2S/c1-6(2,3-4(11)12)7-5-8-9-10-13-5/h3H2,1-2H3,(H,11,12)(H,7,8,10). The molecular weight excluding hydrogens is 192 g/mol. The van der Waals surface area contributed by atoms with Gasteiger partial charge in [0.2, 0.25) is 5.13 Å². The molecule has 0 spiro atoms. The van der Waals surface area contributed by atoms with Gasteiger partial charge in [-0.15, -0.1) is 0 Å². The summed E-state index contributed by atoms with van der Waals surface area (Å²) in [5.74, 6) is -0.852. The minimum atomic E-state index is -0.852. The first-order valence-corrected chi connectivity index (χ1v) is 4.42. The summed E-state index contributed by atoms with van der Waals surface area (Å²) >= 11 is 1.10. The molecule has 1 aromatic rings. The lowest BCUT2D eigenvalue weighted by Crippen LogP contribution is -2.33. The maximum atomic E-state index is 10.5. The van der Waals surface area contributed by atoms with Crippen LogP contribution in [0.2, 0.25) is 0 Å². The first-order valence-electron chi connectivity index (χ1n) is 3.65. The van der Waals surface area contributed by atoms with Gasteiger partial charge >= 0.3 is 5.97 Å². The topological polar surface area (TPSA) is 88.0 Å². The Labute approximate surface area is 79.1 Å². The number of carboxylic acid groups (broad SMARTS) is 1. The zero-order chi connectivity index (χ0) is 9.90. The number of carbonyl (C=O) groups is 1. The Morgan fingerprint density at radius 1 is 1.69 bits per heavy atom. The summed E-state index contributed by atoms with van der Waals surface area (Å²) in [4.78, 5) is 10.5. The first-order chi connectivity index (χ1) is 5.99. The highest BCUT2D eigenvalue weighted by atomic mass is 32.1. The molecule has 0 fully saturated rings. The van der Waals surface area contributed by atoms with Crippen LogP contribution in [0.15, 0.2) is 0 Å². The maximum Gasteiger partial charge on any atom is 0.305 e. The fourth-order valence-corrected chi connectivity index (χ4v) is 1.44. The van der Waals surface area contributed by atoms with Gasteiger partial charge < -0.3 is 10.4 Å². The molecule has 0 saturated carbocycles. The zero-order valence-electron chi connectivity index (χ0n) is 7.31. The molecule has 0 aliphatic heterocycles. The number of hydrogen-bond acceptors (Lipinski definition) is 6. The molecule has 1 aromatic heterocycles. The van der Waals surface area contributed by atoms with Gasteiger partial charge in [-0.1, -0.05) is 9.59 Å². The molecule has 0 aromatic carbocycles. The monoisotopic (exact) mass is 202 g/mol. The second kappa shape index (κ2) is 3.65. The van der Waals surface area contributed by atoms with Gasteiger partial charge in [-0.2, -0.15) is 0 Å². The highest BCUT2D eigenvalue weighted by Gasteiger charge is 2.22. The van der Waals surface area contributed by atoms with Crippen LogP contribution >= 0.6 is 11.5 Å². The van der Waals surface area contributed by atoms with Crippen LogP contribution < -0.4 is 5.32 Å². The molecule has 72 valence electrons. The third kappa shape index (κ3) is 3.32. The van der Waals surface area contributed by atoms with Gasteiger partial charge in [0.05, 0.1) is 6.42 Å². The molecule has 7 heteroatoms. The minimum absolute atomic E-state index is 0.0204.